The second-order valence-electron chi connectivity index (χ2n) is 5.89. The minimum Gasteiger partial charge on any atom is -0.356 e. The van der Waals surface area contributed by atoms with Crippen LogP contribution in [0.15, 0.2) is 51.7 Å². The smallest absolute Gasteiger partial charge is 0.193 e. The Hall–Kier alpha value is -1.13. The van der Waals surface area contributed by atoms with Crippen molar-refractivity contribution in [2.75, 3.05) is 33.4 Å². The summed E-state index contributed by atoms with van der Waals surface area (Å²) in [6.45, 7) is 1.65. The summed E-state index contributed by atoms with van der Waals surface area (Å²) in [5, 5.41) is 5.45. The monoisotopic (exact) mass is 507 g/mol. The molecule has 144 valence electrons. The summed E-state index contributed by atoms with van der Waals surface area (Å²) in [7, 11) is 0.680. The first-order valence-electron chi connectivity index (χ1n) is 8.13. The first kappa shape index (κ1) is 22.9. The molecule has 2 aromatic rings. The minimum atomic E-state index is -3.13. The molecule has 8 heteroatoms. The summed E-state index contributed by atoms with van der Waals surface area (Å²) in [6.07, 6.45) is 3.03. The molecule has 1 aromatic heterocycles. The van der Waals surface area contributed by atoms with Crippen molar-refractivity contribution >= 4 is 51.1 Å². The molecule has 0 bridgehead atoms. The van der Waals surface area contributed by atoms with Crippen LogP contribution >= 0.6 is 35.3 Å². The second-order valence-corrected chi connectivity index (χ2v) is 8.94. The van der Waals surface area contributed by atoms with Crippen molar-refractivity contribution < 1.29 is 8.42 Å². The van der Waals surface area contributed by atoms with Gasteiger partial charge in [-0.15, -0.1) is 35.3 Å². The molecule has 0 spiro atoms. The van der Waals surface area contributed by atoms with Crippen molar-refractivity contribution in [2.45, 2.75) is 17.7 Å². The fourth-order valence-corrected chi connectivity index (χ4v) is 3.77. The lowest BCUT2D eigenvalue weighted by Crippen LogP contribution is -2.40. The Morgan fingerprint density at radius 1 is 1.19 bits per heavy atom. The maximum absolute atomic E-state index is 11.5. The van der Waals surface area contributed by atoms with Crippen molar-refractivity contribution in [3.8, 4) is 0 Å². The predicted octanol–water partition coefficient (Wildman–Crippen LogP) is 3.06. The van der Waals surface area contributed by atoms with Crippen LogP contribution in [0.1, 0.15) is 10.4 Å². The highest BCUT2D eigenvalue weighted by Gasteiger charge is 2.08. The number of guanidine groups is 1. The van der Waals surface area contributed by atoms with Crippen LogP contribution in [-0.4, -0.2) is 52.7 Å². The van der Waals surface area contributed by atoms with Crippen LogP contribution in [0.4, 0.5) is 0 Å². The molecule has 5 nitrogen and oxygen atoms in total. The van der Waals surface area contributed by atoms with E-state index in [0.29, 0.717) is 4.90 Å². The van der Waals surface area contributed by atoms with Gasteiger partial charge >= 0.3 is 0 Å². The van der Waals surface area contributed by atoms with Crippen molar-refractivity contribution in [3.05, 3.63) is 52.2 Å². The van der Waals surface area contributed by atoms with Gasteiger partial charge in [0.05, 0.1) is 4.90 Å². The number of nitrogens with one attached hydrogen (secondary N) is 1. The lowest BCUT2D eigenvalue weighted by Gasteiger charge is -2.21. The van der Waals surface area contributed by atoms with Gasteiger partial charge in [-0.3, -0.25) is 4.99 Å². The molecule has 0 radical (unpaired) electrons. The molecule has 0 saturated heterocycles. The maximum Gasteiger partial charge on any atom is 0.193 e. The molecule has 0 aliphatic heterocycles. The number of benzene rings is 1. The Labute approximate surface area is 177 Å². The van der Waals surface area contributed by atoms with E-state index in [1.54, 1.807) is 30.5 Å². The van der Waals surface area contributed by atoms with E-state index in [-0.39, 0.29) is 24.0 Å². The van der Waals surface area contributed by atoms with Crippen LogP contribution in [0.3, 0.4) is 0 Å². The standard InChI is InChI=1S/C18H25N3O2S2.HI/c1-19-18(21(2)13-11-16-5-4-14-24-16)20-12-10-15-6-8-17(9-7-15)25(3,22)23;/h4-9,14H,10-13H2,1-3H3,(H,19,20);1H. The van der Waals surface area contributed by atoms with Crippen molar-refractivity contribution in [2.24, 2.45) is 4.99 Å². The van der Waals surface area contributed by atoms with Gasteiger partial charge in [0.25, 0.3) is 0 Å². The fourth-order valence-electron chi connectivity index (χ4n) is 2.45. The zero-order chi connectivity index (χ0) is 18.3. The third-order valence-electron chi connectivity index (χ3n) is 3.90. The van der Waals surface area contributed by atoms with Crippen molar-refractivity contribution in [3.63, 3.8) is 0 Å². The van der Waals surface area contributed by atoms with E-state index in [9.17, 15) is 8.42 Å². The number of aliphatic imine (C=N–C) groups is 1. The minimum absolute atomic E-state index is 0. The molecule has 0 aliphatic rings. The zero-order valence-electron chi connectivity index (χ0n) is 15.3. The molecule has 1 aromatic carbocycles. The largest absolute Gasteiger partial charge is 0.356 e. The van der Waals surface area contributed by atoms with Crippen molar-refractivity contribution in [1.82, 2.24) is 10.2 Å². The number of sulfone groups is 1. The van der Waals surface area contributed by atoms with Crippen LogP contribution in [0.2, 0.25) is 0 Å². The summed E-state index contributed by atoms with van der Waals surface area (Å²) in [4.78, 5) is 8.16. The number of thiophene rings is 1. The van der Waals surface area contributed by atoms with Gasteiger partial charge in [0.2, 0.25) is 0 Å². The molecule has 0 atom stereocenters. The van der Waals surface area contributed by atoms with Crippen LogP contribution in [0, 0.1) is 0 Å². The first-order valence-corrected chi connectivity index (χ1v) is 10.9. The van der Waals surface area contributed by atoms with Crippen LogP contribution in [0.5, 0.6) is 0 Å². The topological polar surface area (TPSA) is 61.8 Å². The van der Waals surface area contributed by atoms with Crippen LogP contribution in [-0.2, 0) is 22.7 Å². The maximum atomic E-state index is 11.5. The van der Waals surface area contributed by atoms with Gasteiger partial charge in [-0.2, -0.15) is 0 Å². The highest BCUT2D eigenvalue weighted by molar-refractivity contribution is 14.0. The molecule has 1 heterocycles. The van der Waals surface area contributed by atoms with Crippen molar-refractivity contribution in [1.29, 1.82) is 0 Å². The summed E-state index contributed by atoms with van der Waals surface area (Å²) < 4.78 is 23.0. The third kappa shape index (κ3) is 7.24. The summed E-state index contributed by atoms with van der Waals surface area (Å²) in [5.74, 6) is 0.865. The van der Waals surface area contributed by atoms with Gasteiger partial charge < -0.3 is 10.2 Å². The first-order chi connectivity index (χ1) is 11.9. The zero-order valence-corrected chi connectivity index (χ0v) is 19.3. The molecule has 26 heavy (non-hydrogen) atoms. The summed E-state index contributed by atoms with van der Waals surface area (Å²) in [6, 6.07) is 11.3. The molecule has 1 N–H and O–H groups in total. The van der Waals surface area contributed by atoms with Gasteiger partial charge in [0, 0.05) is 38.3 Å². The van der Waals surface area contributed by atoms with E-state index in [4.69, 9.17) is 0 Å². The number of nitrogens with zero attached hydrogens (tertiary/aromatic N) is 2. The van der Waals surface area contributed by atoms with E-state index in [2.05, 4.69) is 32.7 Å². The van der Waals surface area contributed by atoms with Crippen LogP contribution < -0.4 is 5.32 Å². The lowest BCUT2D eigenvalue weighted by atomic mass is 10.1. The number of likely N-dealkylation sites (N-methyl/N-ethyl adjacent to an activating group) is 1. The van der Waals surface area contributed by atoms with Gasteiger partial charge in [0.1, 0.15) is 0 Å². The third-order valence-corrected chi connectivity index (χ3v) is 5.96. The Morgan fingerprint density at radius 2 is 1.88 bits per heavy atom. The quantitative estimate of drug-likeness (QED) is 0.356. The van der Waals surface area contributed by atoms with Gasteiger partial charge in [-0.25, -0.2) is 8.42 Å². The number of hydrogen-bond acceptors (Lipinski definition) is 4. The molecule has 0 aliphatic carbocycles. The molecule has 0 unspecified atom stereocenters. The van der Waals surface area contributed by atoms with E-state index < -0.39 is 9.84 Å². The van der Waals surface area contributed by atoms with E-state index in [1.165, 1.54) is 11.1 Å². The van der Waals surface area contributed by atoms with E-state index in [1.807, 2.05) is 19.2 Å². The molecular formula is C18H26IN3O2S2. The Bertz CT molecular complexity index is 788. The van der Waals surface area contributed by atoms with Crippen LogP contribution in [0.25, 0.3) is 0 Å². The fraction of sp³-hybridized carbons (Fsp3) is 0.389. The Balaban J connectivity index is 0.00000338. The molecule has 0 fully saturated rings. The molecular weight excluding hydrogens is 481 g/mol. The number of halogens is 1. The van der Waals surface area contributed by atoms with Gasteiger partial charge in [-0.05, 0) is 42.0 Å². The SMILES string of the molecule is CN=C(NCCc1ccc(S(C)(=O)=O)cc1)N(C)CCc1cccs1.I. The molecule has 0 amide bonds. The molecule has 2 rings (SSSR count). The van der Waals surface area contributed by atoms with Gasteiger partial charge in [-0.1, -0.05) is 18.2 Å². The Morgan fingerprint density at radius 3 is 2.42 bits per heavy atom. The van der Waals surface area contributed by atoms with E-state index in [0.717, 1.165) is 37.5 Å². The average molecular weight is 507 g/mol. The highest BCUT2D eigenvalue weighted by Crippen LogP contribution is 2.11. The highest BCUT2D eigenvalue weighted by atomic mass is 127. The van der Waals surface area contributed by atoms with Gasteiger partial charge in [0.15, 0.2) is 15.8 Å². The summed E-state index contributed by atoms with van der Waals surface area (Å²) in [5.41, 5.74) is 1.09. The number of rotatable bonds is 7. The predicted molar refractivity (Wildman–Crippen MR) is 121 cm³/mol. The second kappa shape index (κ2) is 10.9. The Kier molecular flexibility index (Phi) is 9.59. The number of hydrogen-bond donors (Lipinski definition) is 1. The lowest BCUT2D eigenvalue weighted by molar-refractivity contribution is 0.487. The normalized spacial score (nSPS) is 11.7. The van der Waals surface area contributed by atoms with E-state index >= 15 is 0 Å². The molecule has 0 saturated carbocycles. The summed E-state index contributed by atoms with van der Waals surface area (Å²) >= 11 is 1.77. The average Bonchev–Trinajstić information content (AvgIpc) is 3.10.